The number of hydrogen-bond acceptors (Lipinski definition) is 3. The van der Waals surface area contributed by atoms with Gasteiger partial charge in [-0.1, -0.05) is 12.1 Å². The first-order chi connectivity index (χ1) is 9.06. The molecule has 0 aliphatic heterocycles. The molecule has 4 nitrogen and oxygen atoms in total. The lowest BCUT2D eigenvalue weighted by molar-refractivity contribution is 0.0660. The molecule has 1 heterocycles. The van der Waals surface area contributed by atoms with Crippen molar-refractivity contribution in [3.8, 4) is 0 Å². The first-order valence-corrected chi connectivity index (χ1v) is 5.87. The molecule has 2 aromatic rings. The van der Waals surface area contributed by atoms with Gasteiger partial charge in [0.25, 0.3) is 0 Å². The first-order valence-electron chi connectivity index (χ1n) is 5.87. The van der Waals surface area contributed by atoms with Crippen LogP contribution in [0.4, 0.5) is 4.39 Å². The molecule has 2 N–H and O–H groups in total. The van der Waals surface area contributed by atoms with Crippen LogP contribution < -0.4 is 5.32 Å². The van der Waals surface area contributed by atoms with E-state index in [1.165, 1.54) is 18.2 Å². The molecule has 1 atom stereocenters. The Morgan fingerprint density at radius 2 is 2.21 bits per heavy atom. The number of nitrogens with one attached hydrogen (secondary N) is 1. The largest absolute Gasteiger partial charge is 0.475 e. The molecule has 0 bridgehead atoms. The Labute approximate surface area is 109 Å². The maximum absolute atomic E-state index is 13.1. The molecule has 0 amide bonds. The Balaban J connectivity index is 1.96. The van der Waals surface area contributed by atoms with E-state index in [-0.39, 0.29) is 17.6 Å². The highest BCUT2D eigenvalue weighted by atomic mass is 19.1. The second kappa shape index (κ2) is 5.67. The average Bonchev–Trinajstić information content (AvgIpc) is 2.85. The highest BCUT2D eigenvalue weighted by Gasteiger charge is 2.10. The minimum Gasteiger partial charge on any atom is -0.475 e. The van der Waals surface area contributed by atoms with E-state index in [9.17, 15) is 9.18 Å². The van der Waals surface area contributed by atoms with E-state index in [0.717, 1.165) is 5.56 Å². The van der Waals surface area contributed by atoms with Crippen LogP contribution in [0, 0.1) is 5.82 Å². The van der Waals surface area contributed by atoms with E-state index in [2.05, 4.69) is 5.32 Å². The predicted molar refractivity (Wildman–Crippen MR) is 67.3 cm³/mol. The van der Waals surface area contributed by atoms with E-state index in [1.807, 2.05) is 13.0 Å². The van der Waals surface area contributed by atoms with E-state index in [0.29, 0.717) is 12.3 Å². The van der Waals surface area contributed by atoms with Gasteiger partial charge in [0.15, 0.2) is 0 Å². The summed E-state index contributed by atoms with van der Waals surface area (Å²) in [4.78, 5) is 10.7. The number of benzene rings is 1. The van der Waals surface area contributed by atoms with Crippen LogP contribution in [0.25, 0.3) is 0 Å². The van der Waals surface area contributed by atoms with Crippen molar-refractivity contribution < 1.29 is 18.7 Å². The molecule has 100 valence electrons. The fourth-order valence-corrected chi connectivity index (χ4v) is 1.74. The Morgan fingerprint density at radius 3 is 2.84 bits per heavy atom. The van der Waals surface area contributed by atoms with Crippen molar-refractivity contribution in [2.24, 2.45) is 0 Å². The zero-order valence-corrected chi connectivity index (χ0v) is 10.4. The summed E-state index contributed by atoms with van der Waals surface area (Å²) in [6.45, 7) is 2.28. The van der Waals surface area contributed by atoms with E-state index >= 15 is 0 Å². The number of halogens is 1. The highest BCUT2D eigenvalue weighted by Crippen LogP contribution is 2.15. The molecule has 0 aliphatic rings. The number of carbonyl (C=O) groups is 1. The fraction of sp³-hybridized carbons (Fsp3) is 0.214. The van der Waals surface area contributed by atoms with Gasteiger partial charge in [-0.15, -0.1) is 0 Å². The summed E-state index contributed by atoms with van der Waals surface area (Å²) >= 11 is 0. The zero-order chi connectivity index (χ0) is 13.8. The lowest BCUT2D eigenvalue weighted by atomic mass is 10.1. The molecule has 0 saturated heterocycles. The first kappa shape index (κ1) is 13.3. The monoisotopic (exact) mass is 263 g/mol. The lowest BCUT2D eigenvalue weighted by Crippen LogP contribution is -2.17. The SMILES string of the molecule is C[C@H](NCc1ccc(C(=O)O)o1)c1cccc(F)c1. The smallest absolute Gasteiger partial charge is 0.371 e. The summed E-state index contributed by atoms with van der Waals surface area (Å²) in [6.07, 6.45) is 0. The van der Waals surface area contributed by atoms with E-state index in [1.54, 1.807) is 12.1 Å². The van der Waals surface area contributed by atoms with E-state index in [4.69, 9.17) is 9.52 Å². The lowest BCUT2D eigenvalue weighted by Gasteiger charge is -2.13. The van der Waals surface area contributed by atoms with Crippen LogP contribution in [-0.2, 0) is 6.54 Å². The summed E-state index contributed by atoms with van der Waals surface area (Å²) in [5, 5.41) is 11.9. The van der Waals surface area contributed by atoms with Crippen LogP contribution in [-0.4, -0.2) is 11.1 Å². The van der Waals surface area contributed by atoms with Gasteiger partial charge in [-0.05, 0) is 36.8 Å². The molecular weight excluding hydrogens is 249 g/mol. The third-order valence-corrected chi connectivity index (χ3v) is 2.80. The highest BCUT2D eigenvalue weighted by molar-refractivity contribution is 5.84. The number of rotatable bonds is 5. The molecule has 1 aromatic heterocycles. The number of carboxylic acid groups (broad SMARTS) is 1. The summed E-state index contributed by atoms with van der Waals surface area (Å²) < 4.78 is 18.2. The fourth-order valence-electron chi connectivity index (χ4n) is 1.74. The number of furan rings is 1. The van der Waals surface area contributed by atoms with Gasteiger partial charge < -0.3 is 14.8 Å². The minimum atomic E-state index is -1.09. The second-order valence-corrected chi connectivity index (χ2v) is 4.23. The molecule has 0 spiro atoms. The average molecular weight is 263 g/mol. The third-order valence-electron chi connectivity index (χ3n) is 2.80. The molecule has 0 fully saturated rings. The van der Waals surface area contributed by atoms with Crippen molar-refractivity contribution in [3.05, 3.63) is 59.3 Å². The van der Waals surface area contributed by atoms with Crippen LogP contribution in [0.2, 0.25) is 0 Å². The van der Waals surface area contributed by atoms with E-state index < -0.39 is 5.97 Å². The summed E-state index contributed by atoms with van der Waals surface area (Å²) in [7, 11) is 0. The standard InChI is InChI=1S/C14H14FNO3/c1-9(10-3-2-4-11(15)7-10)16-8-12-5-6-13(19-12)14(17)18/h2-7,9,16H,8H2,1H3,(H,17,18)/t9-/m0/s1. The normalized spacial score (nSPS) is 12.3. The zero-order valence-electron chi connectivity index (χ0n) is 10.4. The van der Waals surface area contributed by atoms with Gasteiger partial charge in [-0.2, -0.15) is 0 Å². The van der Waals surface area contributed by atoms with Gasteiger partial charge >= 0.3 is 5.97 Å². The van der Waals surface area contributed by atoms with Gasteiger partial charge in [-0.25, -0.2) is 9.18 Å². The van der Waals surface area contributed by atoms with Crippen LogP contribution in [0.5, 0.6) is 0 Å². The number of carboxylic acids is 1. The van der Waals surface area contributed by atoms with Gasteiger partial charge in [0.05, 0.1) is 6.54 Å². The second-order valence-electron chi connectivity index (χ2n) is 4.23. The van der Waals surface area contributed by atoms with Crippen molar-refractivity contribution in [3.63, 3.8) is 0 Å². The molecule has 0 saturated carbocycles. The van der Waals surface area contributed by atoms with Crippen molar-refractivity contribution in [2.75, 3.05) is 0 Å². The van der Waals surface area contributed by atoms with Crippen LogP contribution in [0.15, 0.2) is 40.8 Å². The van der Waals surface area contributed by atoms with Gasteiger partial charge in [0.1, 0.15) is 11.6 Å². The Bertz CT molecular complexity index is 580. The van der Waals surface area contributed by atoms with Crippen LogP contribution >= 0.6 is 0 Å². The van der Waals surface area contributed by atoms with Crippen molar-refractivity contribution >= 4 is 5.97 Å². The van der Waals surface area contributed by atoms with Crippen molar-refractivity contribution in [1.82, 2.24) is 5.32 Å². The Morgan fingerprint density at radius 1 is 1.42 bits per heavy atom. The maximum atomic E-state index is 13.1. The topological polar surface area (TPSA) is 62.5 Å². The van der Waals surface area contributed by atoms with Crippen LogP contribution in [0.3, 0.4) is 0 Å². The van der Waals surface area contributed by atoms with Gasteiger partial charge in [0, 0.05) is 6.04 Å². The molecule has 2 rings (SSSR count). The molecule has 5 heteroatoms. The summed E-state index contributed by atoms with van der Waals surface area (Å²) in [5.74, 6) is -0.933. The Kier molecular flexibility index (Phi) is 3.97. The predicted octanol–water partition coefficient (Wildman–Crippen LogP) is 2.97. The summed E-state index contributed by atoms with van der Waals surface area (Å²) in [6, 6.07) is 9.28. The van der Waals surface area contributed by atoms with Crippen molar-refractivity contribution in [1.29, 1.82) is 0 Å². The Hall–Kier alpha value is -2.14. The number of hydrogen-bond donors (Lipinski definition) is 2. The molecular formula is C14H14FNO3. The molecule has 0 radical (unpaired) electrons. The maximum Gasteiger partial charge on any atom is 0.371 e. The number of aromatic carboxylic acids is 1. The molecule has 0 unspecified atom stereocenters. The summed E-state index contributed by atoms with van der Waals surface area (Å²) in [5.41, 5.74) is 0.824. The van der Waals surface area contributed by atoms with Gasteiger partial charge in [-0.3, -0.25) is 0 Å². The molecule has 0 aliphatic carbocycles. The molecule has 19 heavy (non-hydrogen) atoms. The quantitative estimate of drug-likeness (QED) is 0.870. The minimum absolute atomic E-state index is 0.0610. The van der Waals surface area contributed by atoms with Crippen LogP contribution in [0.1, 0.15) is 34.8 Å². The molecule has 1 aromatic carbocycles. The third kappa shape index (κ3) is 3.42. The van der Waals surface area contributed by atoms with Crippen molar-refractivity contribution in [2.45, 2.75) is 19.5 Å². The van der Waals surface area contributed by atoms with Gasteiger partial charge in [0.2, 0.25) is 5.76 Å².